The first kappa shape index (κ1) is 15.4. The number of carbonyl (C=O) groups excluding carboxylic acids is 1. The fourth-order valence-corrected chi connectivity index (χ4v) is 1.70. The molecule has 0 aromatic heterocycles. The summed E-state index contributed by atoms with van der Waals surface area (Å²) in [5.41, 5.74) is 1.35. The fourth-order valence-electron chi connectivity index (χ4n) is 1.19. The van der Waals surface area contributed by atoms with Crippen molar-refractivity contribution in [3.63, 3.8) is 0 Å². The van der Waals surface area contributed by atoms with E-state index in [1.54, 1.807) is 24.3 Å². The predicted octanol–water partition coefficient (Wildman–Crippen LogP) is 0.637. The average Bonchev–Trinajstić information content (AvgIpc) is 2.35. The van der Waals surface area contributed by atoms with E-state index in [0.29, 0.717) is 5.56 Å². The molecule has 6 heteroatoms. The molecule has 1 aromatic carbocycles. The molecule has 0 aliphatic rings. The Bertz CT molecular complexity index is 608. The van der Waals surface area contributed by atoms with Gasteiger partial charge in [0.25, 0.3) is 10.2 Å². The van der Waals surface area contributed by atoms with Crippen LogP contribution in [0.15, 0.2) is 24.3 Å². The van der Waals surface area contributed by atoms with Crippen molar-refractivity contribution >= 4 is 16.0 Å². The second-order valence-electron chi connectivity index (χ2n) is 4.04. The summed E-state index contributed by atoms with van der Waals surface area (Å²) in [6, 6.07) is 6.83. The van der Waals surface area contributed by atoms with Crippen LogP contribution in [0.3, 0.4) is 0 Å². The highest BCUT2D eigenvalue weighted by Gasteiger charge is 2.10. The second-order valence-corrected chi connectivity index (χ2v) is 6.01. The van der Waals surface area contributed by atoms with Crippen molar-refractivity contribution in [1.82, 2.24) is 9.03 Å². The zero-order valence-corrected chi connectivity index (χ0v) is 11.9. The van der Waals surface area contributed by atoms with Crippen LogP contribution in [0.4, 0.5) is 0 Å². The Morgan fingerprint density at radius 2 is 1.84 bits per heavy atom. The fraction of sp³-hybridized carbons (Fsp3) is 0.308. The lowest BCUT2D eigenvalue weighted by molar-refractivity contribution is 0.101. The molecule has 5 nitrogen and oxygen atoms in total. The number of carbonyl (C=O) groups is 1. The second kappa shape index (κ2) is 6.48. The molecule has 1 rings (SSSR count). The van der Waals surface area contributed by atoms with Crippen molar-refractivity contribution in [2.24, 2.45) is 0 Å². The lowest BCUT2D eigenvalue weighted by atomic mass is 10.1. The molecule has 0 aliphatic heterocycles. The highest BCUT2D eigenvalue weighted by atomic mass is 32.2. The first-order valence-corrected chi connectivity index (χ1v) is 7.04. The van der Waals surface area contributed by atoms with Gasteiger partial charge in [-0.15, -0.1) is 0 Å². The number of nitrogens with zero attached hydrogens (tertiary/aromatic N) is 1. The molecule has 0 radical (unpaired) electrons. The van der Waals surface area contributed by atoms with E-state index in [0.717, 1.165) is 9.87 Å². The van der Waals surface area contributed by atoms with E-state index in [2.05, 4.69) is 16.6 Å². The van der Waals surface area contributed by atoms with Gasteiger partial charge in [-0.2, -0.15) is 17.4 Å². The van der Waals surface area contributed by atoms with Gasteiger partial charge in [-0.25, -0.2) is 0 Å². The van der Waals surface area contributed by atoms with Crippen molar-refractivity contribution in [1.29, 1.82) is 0 Å². The summed E-state index contributed by atoms with van der Waals surface area (Å²) < 4.78 is 26.2. The zero-order chi connectivity index (χ0) is 14.5. The van der Waals surface area contributed by atoms with Crippen LogP contribution in [0.25, 0.3) is 0 Å². The molecule has 19 heavy (non-hydrogen) atoms. The highest BCUT2D eigenvalue weighted by molar-refractivity contribution is 7.87. The van der Waals surface area contributed by atoms with Crippen molar-refractivity contribution in [3.8, 4) is 11.8 Å². The topological polar surface area (TPSA) is 66.5 Å². The maximum Gasteiger partial charge on any atom is 0.279 e. The van der Waals surface area contributed by atoms with Crippen LogP contribution < -0.4 is 4.72 Å². The molecule has 1 aromatic rings. The number of benzene rings is 1. The standard InChI is InChI=1S/C13H16N2O3S/c1-11(16)13-8-6-12(7-9-13)5-4-10-14-19(17,18)15(2)3/h6-9,14H,10H2,1-3H3. The Hall–Kier alpha value is -1.68. The SMILES string of the molecule is CC(=O)c1ccc(C#CCNS(=O)(=O)N(C)C)cc1. The van der Waals surface area contributed by atoms with E-state index in [-0.39, 0.29) is 12.3 Å². The summed E-state index contributed by atoms with van der Waals surface area (Å²) in [5, 5.41) is 0. The molecule has 0 heterocycles. The number of Topliss-reactive ketones (excluding diaryl/α,β-unsaturated/α-hetero) is 1. The Balaban J connectivity index is 2.62. The quantitative estimate of drug-likeness (QED) is 0.650. The molecule has 0 saturated carbocycles. The van der Waals surface area contributed by atoms with Gasteiger partial charge in [-0.05, 0) is 19.1 Å². The molecule has 0 unspecified atom stereocenters. The van der Waals surface area contributed by atoms with Gasteiger partial charge in [0.1, 0.15) is 0 Å². The van der Waals surface area contributed by atoms with Crippen LogP contribution in [0.2, 0.25) is 0 Å². The molecule has 0 aliphatic carbocycles. The minimum Gasteiger partial charge on any atom is -0.295 e. The third-order valence-electron chi connectivity index (χ3n) is 2.35. The van der Waals surface area contributed by atoms with Gasteiger partial charge in [-0.1, -0.05) is 24.0 Å². The molecule has 0 fully saturated rings. The van der Waals surface area contributed by atoms with E-state index in [1.165, 1.54) is 21.0 Å². The normalized spacial score (nSPS) is 10.9. The smallest absolute Gasteiger partial charge is 0.279 e. The molecular formula is C13H16N2O3S. The predicted molar refractivity (Wildman–Crippen MR) is 73.9 cm³/mol. The summed E-state index contributed by atoms with van der Waals surface area (Å²) in [6.45, 7) is 1.53. The first-order chi connectivity index (χ1) is 8.83. The van der Waals surface area contributed by atoms with Crippen molar-refractivity contribution < 1.29 is 13.2 Å². The van der Waals surface area contributed by atoms with Gasteiger partial charge in [0.05, 0.1) is 6.54 Å². The maximum atomic E-state index is 11.4. The monoisotopic (exact) mass is 280 g/mol. The van der Waals surface area contributed by atoms with E-state index in [4.69, 9.17) is 0 Å². The van der Waals surface area contributed by atoms with Gasteiger partial charge >= 0.3 is 0 Å². The highest BCUT2D eigenvalue weighted by Crippen LogP contribution is 2.03. The Kier molecular flexibility index (Phi) is 5.24. The minimum absolute atomic E-state index is 0.00162. The summed E-state index contributed by atoms with van der Waals surface area (Å²) in [6.07, 6.45) is 0. The molecule has 0 amide bonds. The van der Waals surface area contributed by atoms with Gasteiger partial charge in [0, 0.05) is 25.2 Å². The van der Waals surface area contributed by atoms with Crippen LogP contribution in [-0.2, 0) is 10.2 Å². The molecule has 0 spiro atoms. The lowest BCUT2D eigenvalue weighted by Crippen LogP contribution is -2.35. The maximum absolute atomic E-state index is 11.4. The molecule has 102 valence electrons. The average molecular weight is 280 g/mol. The number of nitrogens with one attached hydrogen (secondary N) is 1. The number of ketones is 1. The van der Waals surface area contributed by atoms with E-state index in [9.17, 15) is 13.2 Å². The Morgan fingerprint density at radius 1 is 1.26 bits per heavy atom. The number of hydrogen-bond donors (Lipinski definition) is 1. The third kappa shape index (κ3) is 4.83. The van der Waals surface area contributed by atoms with E-state index in [1.807, 2.05) is 0 Å². The molecular weight excluding hydrogens is 264 g/mol. The van der Waals surface area contributed by atoms with E-state index < -0.39 is 10.2 Å². The van der Waals surface area contributed by atoms with Crippen LogP contribution in [0, 0.1) is 11.8 Å². The Labute approximate surface area is 113 Å². The van der Waals surface area contributed by atoms with Gasteiger partial charge in [0.2, 0.25) is 0 Å². The Morgan fingerprint density at radius 3 is 2.32 bits per heavy atom. The summed E-state index contributed by atoms with van der Waals surface area (Å²) in [4.78, 5) is 11.1. The number of rotatable bonds is 4. The van der Waals surface area contributed by atoms with Crippen molar-refractivity contribution in [2.75, 3.05) is 20.6 Å². The molecule has 0 bridgehead atoms. The largest absolute Gasteiger partial charge is 0.295 e. The molecule has 1 N–H and O–H groups in total. The summed E-state index contributed by atoms with van der Waals surface area (Å²) in [5.74, 6) is 5.52. The third-order valence-corrected chi connectivity index (χ3v) is 3.82. The summed E-state index contributed by atoms with van der Waals surface area (Å²) in [7, 11) is -0.553. The van der Waals surface area contributed by atoms with Crippen molar-refractivity contribution in [3.05, 3.63) is 35.4 Å². The van der Waals surface area contributed by atoms with Gasteiger partial charge in [-0.3, -0.25) is 4.79 Å². The van der Waals surface area contributed by atoms with Crippen LogP contribution >= 0.6 is 0 Å². The number of hydrogen-bond acceptors (Lipinski definition) is 3. The van der Waals surface area contributed by atoms with Crippen molar-refractivity contribution in [2.45, 2.75) is 6.92 Å². The van der Waals surface area contributed by atoms with E-state index >= 15 is 0 Å². The van der Waals surface area contributed by atoms with Crippen LogP contribution in [0.1, 0.15) is 22.8 Å². The lowest BCUT2D eigenvalue weighted by Gasteiger charge is -2.09. The van der Waals surface area contributed by atoms with Crippen LogP contribution in [-0.4, -0.2) is 39.1 Å². The van der Waals surface area contributed by atoms with Crippen LogP contribution in [0.5, 0.6) is 0 Å². The van der Waals surface area contributed by atoms with Gasteiger partial charge in [0.15, 0.2) is 5.78 Å². The zero-order valence-electron chi connectivity index (χ0n) is 11.1. The molecule has 0 saturated heterocycles. The first-order valence-electron chi connectivity index (χ1n) is 5.60. The summed E-state index contributed by atoms with van der Waals surface area (Å²) >= 11 is 0. The van der Waals surface area contributed by atoms with Gasteiger partial charge < -0.3 is 0 Å². The molecule has 0 atom stereocenters. The minimum atomic E-state index is -3.43.